The van der Waals surface area contributed by atoms with Crippen molar-refractivity contribution in [2.24, 2.45) is 0 Å². The predicted octanol–water partition coefficient (Wildman–Crippen LogP) is 3.99. The number of carbonyl (C=O) groups is 1. The first-order valence-electron chi connectivity index (χ1n) is 8.18. The highest BCUT2D eigenvalue weighted by atomic mass is 35.5. The number of hydrogen-bond acceptors (Lipinski definition) is 2. The number of amides is 1. The SMILES string of the molecule is CN(C(=O)c1cnn(Cc2ccccc2Cl)c1)C1CCCCC1. The van der Waals surface area contributed by atoms with Gasteiger partial charge in [0.25, 0.3) is 5.91 Å². The van der Waals surface area contributed by atoms with Crippen molar-refractivity contribution in [3.63, 3.8) is 0 Å². The van der Waals surface area contributed by atoms with Gasteiger partial charge >= 0.3 is 0 Å². The summed E-state index contributed by atoms with van der Waals surface area (Å²) in [5.74, 6) is 0.0577. The average molecular weight is 332 g/mol. The van der Waals surface area contributed by atoms with Crippen LogP contribution in [0.5, 0.6) is 0 Å². The molecule has 0 bridgehead atoms. The third kappa shape index (κ3) is 3.75. The Labute approximate surface area is 142 Å². The maximum Gasteiger partial charge on any atom is 0.257 e. The molecule has 1 heterocycles. The summed E-state index contributed by atoms with van der Waals surface area (Å²) in [6.45, 7) is 0.570. The van der Waals surface area contributed by atoms with Crippen LogP contribution >= 0.6 is 11.6 Å². The van der Waals surface area contributed by atoms with E-state index in [-0.39, 0.29) is 5.91 Å². The third-order valence-electron chi connectivity index (χ3n) is 4.61. The first kappa shape index (κ1) is 16.1. The van der Waals surface area contributed by atoms with E-state index in [4.69, 9.17) is 11.6 Å². The second-order valence-corrected chi connectivity index (χ2v) is 6.63. The van der Waals surface area contributed by atoms with Gasteiger partial charge in [0.05, 0.1) is 18.3 Å². The van der Waals surface area contributed by atoms with Crippen molar-refractivity contribution in [1.29, 1.82) is 0 Å². The first-order chi connectivity index (χ1) is 11.1. The topological polar surface area (TPSA) is 38.1 Å². The standard InChI is InChI=1S/C18H22ClN3O/c1-21(16-8-3-2-4-9-16)18(23)15-11-20-22(13-15)12-14-7-5-6-10-17(14)19/h5-7,10-11,13,16H,2-4,8-9,12H2,1H3. The normalized spacial score (nSPS) is 15.6. The molecular formula is C18H22ClN3O. The van der Waals surface area contributed by atoms with Crippen LogP contribution in [0.15, 0.2) is 36.7 Å². The van der Waals surface area contributed by atoms with Crippen molar-refractivity contribution in [1.82, 2.24) is 14.7 Å². The molecule has 0 spiro atoms. The van der Waals surface area contributed by atoms with Gasteiger partial charge < -0.3 is 4.90 Å². The molecule has 1 amide bonds. The predicted molar refractivity (Wildman–Crippen MR) is 91.7 cm³/mol. The molecule has 1 aliphatic carbocycles. The van der Waals surface area contributed by atoms with Crippen molar-refractivity contribution >= 4 is 17.5 Å². The molecule has 0 aliphatic heterocycles. The zero-order chi connectivity index (χ0) is 16.2. The lowest BCUT2D eigenvalue weighted by molar-refractivity contribution is 0.0696. The molecule has 4 nitrogen and oxygen atoms in total. The first-order valence-corrected chi connectivity index (χ1v) is 8.56. The van der Waals surface area contributed by atoms with E-state index in [1.54, 1.807) is 10.9 Å². The molecular weight excluding hydrogens is 310 g/mol. The van der Waals surface area contributed by atoms with Crippen molar-refractivity contribution in [2.45, 2.75) is 44.7 Å². The fourth-order valence-electron chi connectivity index (χ4n) is 3.20. The maximum atomic E-state index is 12.6. The number of carbonyl (C=O) groups excluding carboxylic acids is 1. The highest BCUT2D eigenvalue weighted by Crippen LogP contribution is 2.23. The molecule has 122 valence electrons. The largest absolute Gasteiger partial charge is 0.339 e. The lowest BCUT2D eigenvalue weighted by Gasteiger charge is -2.30. The Morgan fingerprint density at radius 2 is 2.04 bits per heavy atom. The van der Waals surface area contributed by atoms with E-state index in [9.17, 15) is 4.79 Å². The van der Waals surface area contributed by atoms with Crippen LogP contribution in [-0.2, 0) is 6.54 Å². The fourth-order valence-corrected chi connectivity index (χ4v) is 3.39. The number of hydrogen-bond donors (Lipinski definition) is 0. The molecule has 5 heteroatoms. The molecule has 3 rings (SSSR count). The average Bonchev–Trinajstić information content (AvgIpc) is 3.05. The molecule has 1 aromatic carbocycles. The Morgan fingerprint density at radius 3 is 2.78 bits per heavy atom. The molecule has 0 unspecified atom stereocenters. The minimum atomic E-state index is 0.0577. The number of nitrogens with zero attached hydrogens (tertiary/aromatic N) is 3. The van der Waals surface area contributed by atoms with Gasteiger partial charge in [-0.05, 0) is 24.5 Å². The van der Waals surface area contributed by atoms with Crippen molar-refractivity contribution < 1.29 is 4.79 Å². The summed E-state index contributed by atoms with van der Waals surface area (Å²) >= 11 is 6.18. The second kappa shape index (κ2) is 7.18. The summed E-state index contributed by atoms with van der Waals surface area (Å²) < 4.78 is 1.77. The van der Waals surface area contributed by atoms with Gasteiger partial charge in [-0.25, -0.2) is 0 Å². The van der Waals surface area contributed by atoms with Gasteiger partial charge in [-0.1, -0.05) is 49.1 Å². The van der Waals surface area contributed by atoms with Gasteiger partial charge in [-0.15, -0.1) is 0 Å². The third-order valence-corrected chi connectivity index (χ3v) is 4.98. The van der Waals surface area contributed by atoms with Gasteiger partial charge in [-0.3, -0.25) is 9.48 Å². The molecule has 1 fully saturated rings. The Hall–Kier alpha value is -1.81. The summed E-state index contributed by atoms with van der Waals surface area (Å²) in [4.78, 5) is 14.5. The Morgan fingerprint density at radius 1 is 1.30 bits per heavy atom. The van der Waals surface area contributed by atoms with E-state index < -0.39 is 0 Å². The molecule has 23 heavy (non-hydrogen) atoms. The minimum absolute atomic E-state index is 0.0577. The lowest BCUT2D eigenvalue weighted by atomic mass is 9.94. The van der Waals surface area contributed by atoms with E-state index in [1.165, 1.54) is 19.3 Å². The van der Waals surface area contributed by atoms with E-state index in [1.807, 2.05) is 42.4 Å². The molecule has 0 atom stereocenters. The van der Waals surface area contributed by atoms with Gasteiger partial charge in [-0.2, -0.15) is 5.10 Å². The van der Waals surface area contributed by atoms with Gasteiger partial charge in [0.1, 0.15) is 0 Å². The van der Waals surface area contributed by atoms with E-state index in [0.29, 0.717) is 18.2 Å². The molecule has 1 saturated carbocycles. The van der Waals surface area contributed by atoms with Gasteiger partial charge in [0.2, 0.25) is 0 Å². The quantitative estimate of drug-likeness (QED) is 0.849. The van der Waals surface area contributed by atoms with Crippen LogP contribution < -0.4 is 0 Å². The zero-order valence-corrected chi connectivity index (χ0v) is 14.2. The van der Waals surface area contributed by atoms with Crippen LogP contribution in [0.2, 0.25) is 5.02 Å². The lowest BCUT2D eigenvalue weighted by Crippen LogP contribution is -2.38. The van der Waals surface area contributed by atoms with Crippen LogP contribution in [0.1, 0.15) is 48.0 Å². The minimum Gasteiger partial charge on any atom is -0.339 e. The van der Waals surface area contributed by atoms with Gasteiger partial charge in [0.15, 0.2) is 0 Å². The number of benzene rings is 1. The maximum absolute atomic E-state index is 12.6. The highest BCUT2D eigenvalue weighted by Gasteiger charge is 2.23. The van der Waals surface area contributed by atoms with E-state index >= 15 is 0 Å². The summed E-state index contributed by atoms with van der Waals surface area (Å²) in [7, 11) is 1.91. The number of aromatic nitrogens is 2. The summed E-state index contributed by atoms with van der Waals surface area (Å²) in [6, 6.07) is 8.06. The Bertz CT molecular complexity index is 676. The second-order valence-electron chi connectivity index (χ2n) is 6.23. The van der Waals surface area contributed by atoms with Crippen molar-refractivity contribution in [3.8, 4) is 0 Å². The monoisotopic (exact) mass is 331 g/mol. The molecule has 0 radical (unpaired) electrons. The van der Waals surface area contributed by atoms with Crippen LogP contribution in [-0.4, -0.2) is 33.7 Å². The van der Waals surface area contributed by atoms with Crippen LogP contribution in [0, 0.1) is 0 Å². The van der Waals surface area contributed by atoms with Crippen molar-refractivity contribution in [2.75, 3.05) is 7.05 Å². The van der Waals surface area contributed by atoms with Crippen LogP contribution in [0.3, 0.4) is 0 Å². The van der Waals surface area contributed by atoms with Crippen LogP contribution in [0.25, 0.3) is 0 Å². The summed E-state index contributed by atoms with van der Waals surface area (Å²) in [5, 5.41) is 5.03. The zero-order valence-electron chi connectivity index (χ0n) is 13.4. The Balaban J connectivity index is 1.68. The summed E-state index contributed by atoms with van der Waals surface area (Å²) in [6.07, 6.45) is 9.39. The molecule has 1 aromatic heterocycles. The highest BCUT2D eigenvalue weighted by molar-refractivity contribution is 6.31. The van der Waals surface area contributed by atoms with E-state index in [0.717, 1.165) is 23.4 Å². The van der Waals surface area contributed by atoms with Crippen LogP contribution in [0.4, 0.5) is 0 Å². The van der Waals surface area contributed by atoms with Gasteiger partial charge in [0, 0.05) is 24.3 Å². The van der Waals surface area contributed by atoms with Crippen molar-refractivity contribution in [3.05, 3.63) is 52.8 Å². The molecule has 0 saturated heterocycles. The molecule has 1 aliphatic rings. The molecule has 2 aromatic rings. The Kier molecular flexibility index (Phi) is 5.01. The smallest absolute Gasteiger partial charge is 0.257 e. The summed E-state index contributed by atoms with van der Waals surface area (Å²) in [5.41, 5.74) is 1.64. The molecule has 0 N–H and O–H groups in total. The van der Waals surface area contributed by atoms with E-state index in [2.05, 4.69) is 5.10 Å². The number of halogens is 1. The fraction of sp³-hybridized carbons (Fsp3) is 0.444. The number of rotatable bonds is 4.